The Hall–Kier alpha value is -3.28. The zero-order valence-electron chi connectivity index (χ0n) is 19.8. The summed E-state index contributed by atoms with van der Waals surface area (Å²) in [6, 6.07) is 21.9. The Morgan fingerprint density at radius 2 is 1.56 bits per heavy atom. The second-order valence-electron chi connectivity index (χ2n) is 9.55. The van der Waals surface area contributed by atoms with Crippen LogP contribution in [-0.2, 0) is 17.8 Å². The van der Waals surface area contributed by atoms with Gasteiger partial charge < -0.3 is 10.4 Å². The van der Waals surface area contributed by atoms with Crippen molar-refractivity contribution >= 4 is 27.5 Å². The predicted molar refractivity (Wildman–Crippen MR) is 138 cm³/mol. The molecular formula is C29H31N3O2. The van der Waals surface area contributed by atoms with Crippen molar-refractivity contribution in [1.82, 2.24) is 15.2 Å². The highest BCUT2D eigenvalue weighted by Gasteiger charge is 2.22. The number of carbonyl (C=O) groups is 1. The smallest absolute Gasteiger partial charge is 0.303 e. The summed E-state index contributed by atoms with van der Waals surface area (Å²) in [5, 5.41) is 17.4. The standard InChI is InChI=1S/C29H31N3O2/c1-19-16-32(17-20(2)31-19)18-22-15-30-29(26-9-4-3-8-24(22)26)27-12-6-10-23-21(13-14-28(33)34)7-5-11-25(23)27/h3-12,15,19-20,31H,13-14,16-18H2,1-2H3,(H,33,34). The Balaban J connectivity index is 1.57. The Kier molecular flexibility index (Phi) is 6.31. The van der Waals surface area contributed by atoms with Gasteiger partial charge >= 0.3 is 5.97 Å². The maximum Gasteiger partial charge on any atom is 0.303 e. The molecule has 1 fully saturated rings. The van der Waals surface area contributed by atoms with Crippen LogP contribution in [0.3, 0.4) is 0 Å². The molecule has 0 spiro atoms. The third kappa shape index (κ3) is 4.54. The number of piperazine rings is 1. The van der Waals surface area contributed by atoms with E-state index in [0.29, 0.717) is 18.5 Å². The first-order valence-corrected chi connectivity index (χ1v) is 12.1. The topological polar surface area (TPSA) is 65.5 Å². The molecule has 1 aliphatic heterocycles. The second kappa shape index (κ2) is 9.53. The minimum atomic E-state index is -0.773. The SMILES string of the molecule is CC1CN(Cc2cnc(-c3cccc4c(CCC(=O)O)cccc34)c3ccccc23)CC(C)N1. The molecule has 2 atom stereocenters. The maximum absolute atomic E-state index is 11.1. The van der Waals surface area contributed by atoms with E-state index in [1.807, 2.05) is 18.3 Å². The number of hydrogen-bond acceptors (Lipinski definition) is 4. The van der Waals surface area contributed by atoms with Crippen molar-refractivity contribution in [3.05, 3.63) is 78.0 Å². The molecule has 5 nitrogen and oxygen atoms in total. The molecule has 0 radical (unpaired) electrons. The van der Waals surface area contributed by atoms with E-state index in [-0.39, 0.29) is 6.42 Å². The van der Waals surface area contributed by atoms with Gasteiger partial charge in [-0.15, -0.1) is 0 Å². The van der Waals surface area contributed by atoms with Crippen LogP contribution in [0.25, 0.3) is 32.8 Å². The van der Waals surface area contributed by atoms with E-state index < -0.39 is 5.97 Å². The fourth-order valence-electron chi connectivity index (χ4n) is 5.44. The van der Waals surface area contributed by atoms with Crippen LogP contribution in [0.5, 0.6) is 0 Å². The van der Waals surface area contributed by atoms with Crippen molar-refractivity contribution < 1.29 is 9.90 Å². The lowest BCUT2D eigenvalue weighted by molar-refractivity contribution is -0.136. The monoisotopic (exact) mass is 453 g/mol. The zero-order chi connectivity index (χ0) is 23.7. The Morgan fingerprint density at radius 3 is 2.32 bits per heavy atom. The molecule has 0 amide bonds. The average Bonchev–Trinajstić information content (AvgIpc) is 2.82. The summed E-state index contributed by atoms with van der Waals surface area (Å²) in [6.45, 7) is 7.44. The minimum absolute atomic E-state index is 0.127. The Bertz CT molecular complexity index is 1340. The number of aryl methyl sites for hydroxylation is 1. The molecule has 1 aromatic heterocycles. The first-order valence-electron chi connectivity index (χ1n) is 12.1. The predicted octanol–water partition coefficient (Wildman–Crippen LogP) is 5.25. The highest BCUT2D eigenvalue weighted by atomic mass is 16.4. The molecule has 4 aromatic rings. The van der Waals surface area contributed by atoms with Crippen molar-refractivity contribution in [3.63, 3.8) is 0 Å². The number of fused-ring (bicyclic) bond motifs is 2. The van der Waals surface area contributed by atoms with E-state index in [1.165, 1.54) is 10.9 Å². The van der Waals surface area contributed by atoms with Crippen LogP contribution in [0, 0.1) is 0 Å². The van der Waals surface area contributed by atoms with Gasteiger partial charge in [0.15, 0.2) is 0 Å². The van der Waals surface area contributed by atoms with Gasteiger partial charge in [0.1, 0.15) is 0 Å². The van der Waals surface area contributed by atoms with Crippen molar-refractivity contribution in [1.29, 1.82) is 0 Å². The molecule has 5 rings (SSSR count). The third-order valence-electron chi connectivity index (χ3n) is 6.78. The highest BCUT2D eigenvalue weighted by molar-refractivity contribution is 6.05. The number of nitrogens with zero attached hydrogens (tertiary/aromatic N) is 2. The molecule has 0 saturated carbocycles. The molecule has 0 bridgehead atoms. The van der Waals surface area contributed by atoms with Crippen molar-refractivity contribution in [3.8, 4) is 11.3 Å². The molecule has 174 valence electrons. The normalized spacial score (nSPS) is 19.0. The van der Waals surface area contributed by atoms with Gasteiger partial charge in [0.2, 0.25) is 0 Å². The van der Waals surface area contributed by atoms with Gasteiger partial charge in [-0.3, -0.25) is 14.7 Å². The molecule has 0 aliphatic carbocycles. The van der Waals surface area contributed by atoms with E-state index in [0.717, 1.165) is 52.6 Å². The number of carboxylic acid groups (broad SMARTS) is 1. The van der Waals surface area contributed by atoms with Crippen molar-refractivity contribution in [2.75, 3.05) is 13.1 Å². The quantitative estimate of drug-likeness (QED) is 0.417. The number of aromatic nitrogens is 1. The fourth-order valence-corrected chi connectivity index (χ4v) is 5.44. The van der Waals surface area contributed by atoms with Gasteiger partial charge in [0.05, 0.1) is 5.69 Å². The Labute approximate surface area is 200 Å². The van der Waals surface area contributed by atoms with Gasteiger partial charge in [-0.2, -0.15) is 0 Å². The lowest BCUT2D eigenvalue weighted by Crippen LogP contribution is -2.53. The maximum atomic E-state index is 11.1. The summed E-state index contributed by atoms with van der Waals surface area (Å²) in [5.74, 6) is -0.773. The van der Waals surface area contributed by atoms with Gasteiger partial charge in [0.25, 0.3) is 0 Å². The first-order chi connectivity index (χ1) is 16.5. The van der Waals surface area contributed by atoms with E-state index in [1.54, 1.807) is 0 Å². The molecule has 3 aromatic carbocycles. The molecular weight excluding hydrogens is 422 g/mol. The lowest BCUT2D eigenvalue weighted by atomic mass is 9.93. The molecule has 2 N–H and O–H groups in total. The molecule has 2 heterocycles. The Morgan fingerprint density at radius 1 is 0.912 bits per heavy atom. The van der Waals surface area contributed by atoms with Crippen LogP contribution >= 0.6 is 0 Å². The third-order valence-corrected chi connectivity index (χ3v) is 6.78. The van der Waals surface area contributed by atoms with Gasteiger partial charge in [-0.05, 0) is 47.6 Å². The van der Waals surface area contributed by atoms with E-state index in [2.05, 4.69) is 72.6 Å². The number of hydrogen-bond donors (Lipinski definition) is 2. The summed E-state index contributed by atoms with van der Waals surface area (Å²) >= 11 is 0. The zero-order valence-corrected chi connectivity index (χ0v) is 19.8. The number of pyridine rings is 1. The number of carboxylic acids is 1. The van der Waals surface area contributed by atoms with Crippen LogP contribution in [0.15, 0.2) is 66.9 Å². The summed E-state index contributed by atoms with van der Waals surface area (Å²) in [5.41, 5.74) is 4.37. The summed E-state index contributed by atoms with van der Waals surface area (Å²) in [6.07, 6.45) is 2.69. The first kappa shape index (κ1) is 22.5. The fraction of sp³-hybridized carbons (Fsp3) is 0.310. The molecule has 1 aliphatic rings. The summed E-state index contributed by atoms with van der Waals surface area (Å²) in [7, 11) is 0. The number of nitrogens with one attached hydrogen (secondary N) is 1. The second-order valence-corrected chi connectivity index (χ2v) is 9.55. The van der Waals surface area contributed by atoms with E-state index >= 15 is 0 Å². The largest absolute Gasteiger partial charge is 0.481 e. The van der Waals surface area contributed by atoms with Crippen LogP contribution in [0.4, 0.5) is 0 Å². The van der Waals surface area contributed by atoms with Gasteiger partial charge in [-0.25, -0.2) is 0 Å². The van der Waals surface area contributed by atoms with Gasteiger partial charge in [-0.1, -0.05) is 60.7 Å². The number of aliphatic carboxylic acids is 1. The van der Waals surface area contributed by atoms with Crippen LogP contribution < -0.4 is 5.32 Å². The van der Waals surface area contributed by atoms with Crippen molar-refractivity contribution in [2.24, 2.45) is 0 Å². The molecule has 34 heavy (non-hydrogen) atoms. The number of benzene rings is 3. The number of rotatable bonds is 6. The van der Waals surface area contributed by atoms with Gasteiger partial charge in [0, 0.05) is 55.3 Å². The minimum Gasteiger partial charge on any atom is -0.481 e. The molecule has 5 heteroatoms. The van der Waals surface area contributed by atoms with E-state index in [4.69, 9.17) is 10.1 Å². The van der Waals surface area contributed by atoms with Crippen LogP contribution in [0.1, 0.15) is 31.4 Å². The van der Waals surface area contributed by atoms with E-state index in [9.17, 15) is 4.79 Å². The van der Waals surface area contributed by atoms with Crippen LogP contribution in [-0.4, -0.2) is 46.1 Å². The average molecular weight is 454 g/mol. The molecule has 2 unspecified atom stereocenters. The lowest BCUT2D eigenvalue weighted by Gasteiger charge is -2.36. The van der Waals surface area contributed by atoms with Crippen LogP contribution in [0.2, 0.25) is 0 Å². The highest BCUT2D eigenvalue weighted by Crippen LogP contribution is 2.35. The summed E-state index contributed by atoms with van der Waals surface area (Å²) < 4.78 is 0. The molecule has 1 saturated heterocycles. The summed E-state index contributed by atoms with van der Waals surface area (Å²) in [4.78, 5) is 18.7. The van der Waals surface area contributed by atoms with Crippen molar-refractivity contribution in [2.45, 2.75) is 45.3 Å².